The zero-order valence-corrected chi connectivity index (χ0v) is 29.1. The van der Waals surface area contributed by atoms with Crippen molar-refractivity contribution < 1.29 is 0 Å². The van der Waals surface area contributed by atoms with Gasteiger partial charge in [0.25, 0.3) is 0 Å². The van der Waals surface area contributed by atoms with Crippen LogP contribution in [0.25, 0.3) is 88.8 Å². The highest BCUT2D eigenvalue weighted by Gasteiger charge is 2.14. The SMILES string of the molecule is Cc1cc(-c2ccc(-c3cc(-c4ccc5ccc6ccccc6c5c4)cc(-c4cc(-c5ccccc5)nc(-c5ccccc5)n4)c3)cc2)cc(C)n1. The molecule has 0 spiro atoms. The number of pyridine rings is 1. The van der Waals surface area contributed by atoms with E-state index >= 15 is 0 Å². The first-order chi connectivity index (χ1) is 25.5. The molecular weight excluding hydrogens is 631 g/mol. The topological polar surface area (TPSA) is 38.7 Å². The molecule has 0 saturated heterocycles. The molecule has 0 saturated carbocycles. The summed E-state index contributed by atoms with van der Waals surface area (Å²) in [6.45, 7) is 4.10. The molecule has 0 fully saturated rings. The van der Waals surface area contributed by atoms with Gasteiger partial charge in [-0.3, -0.25) is 4.98 Å². The van der Waals surface area contributed by atoms with Crippen LogP contribution in [0.5, 0.6) is 0 Å². The number of aromatic nitrogens is 3. The summed E-state index contributed by atoms with van der Waals surface area (Å²) in [6, 6.07) is 62.6. The Kier molecular flexibility index (Phi) is 7.94. The summed E-state index contributed by atoms with van der Waals surface area (Å²) in [5, 5.41) is 4.97. The molecule has 0 aliphatic heterocycles. The zero-order chi connectivity index (χ0) is 35.0. The van der Waals surface area contributed by atoms with Gasteiger partial charge in [-0.2, -0.15) is 0 Å². The first-order valence-electron chi connectivity index (χ1n) is 17.7. The zero-order valence-electron chi connectivity index (χ0n) is 29.1. The fraction of sp³-hybridized carbons (Fsp3) is 0.0408. The van der Waals surface area contributed by atoms with Crippen LogP contribution in [0.15, 0.2) is 176 Å². The summed E-state index contributed by atoms with van der Waals surface area (Å²) < 4.78 is 0. The average Bonchev–Trinajstić information content (AvgIpc) is 3.20. The quantitative estimate of drug-likeness (QED) is 0.166. The first-order valence-corrected chi connectivity index (χ1v) is 17.7. The molecule has 2 aromatic heterocycles. The molecule has 0 amide bonds. The van der Waals surface area contributed by atoms with Gasteiger partial charge in [-0.1, -0.05) is 133 Å². The van der Waals surface area contributed by atoms with Crippen molar-refractivity contribution in [3.05, 3.63) is 187 Å². The molecule has 0 aliphatic rings. The Balaban J connectivity index is 1.24. The molecule has 3 heteroatoms. The predicted molar refractivity (Wildman–Crippen MR) is 217 cm³/mol. The highest BCUT2D eigenvalue weighted by molar-refractivity contribution is 6.08. The van der Waals surface area contributed by atoms with E-state index < -0.39 is 0 Å². The second-order valence-corrected chi connectivity index (χ2v) is 13.4. The highest BCUT2D eigenvalue weighted by atomic mass is 14.9. The van der Waals surface area contributed by atoms with Gasteiger partial charge in [0.1, 0.15) is 0 Å². The van der Waals surface area contributed by atoms with Gasteiger partial charge in [0.05, 0.1) is 11.4 Å². The van der Waals surface area contributed by atoms with Gasteiger partial charge in [-0.05, 0) is 111 Å². The molecule has 0 unspecified atom stereocenters. The lowest BCUT2D eigenvalue weighted by molar-refractivity contribution is 1.12. The number of hydrogen-bond acceptors (Lipinski definition) is 3. The maximum absolute atomic E-state index is 5.21. The highest BCUT2D eigenvalue weighted by Crippen LogP contribution is 2.37. The number of aryl methyl sites for hydroxylation is 2. The molecule has 2 heterocycles. The lowest BCUT2D eigenvalue weighted by Crippen LogP contribution is -1.96. The van der Waals surface area contributed by atoms with Crippen molar-refractivity contribution in [2.24, 2.45) is 0 Å². The molecular formula is C49H35N3. The summed E-state index contributed by atoms with van der Waals surface area (Å²) in [7, 11) is 0. The predicted octanol–water partition coefficient (Wildman–Crippen LogP) is 12.8. The standard InChI is InChI=1S/C49H35N3/c1-32-25-41(26-33(2)50-32)34-17-19-35(20-18-34)42-27-43(40-24-23-37-22-21-36-11-9-10-16-45(36)46(37)30-40)29-44(28-42)48-31-47(38-12-5-3-6-13-38)51-49(52-48)39-14-7-4-8-15-39/h3-31H,1-2H3. The number of nitrogens with zero attached hydrogens (tertiary/aromatic N) is 3. The summed E-state index contributed by atoms with van der Waals surface area (Å²) in [5.74, 6) is 0.702. The fourth-order valence-electron chi connectivity index (χ4n) is 7.21. The lowest BCUT2D eigenvalue weighted by atomic mass is 9.92. The van der Waals surface area contributed by atoms with Crippen molar-refractivity contribution in [1.82, 2.24) is 15.0 Å². The Morgan fingerprint density at radius 1 is 0.288 bits per heavy atom. The van der Waals surface area contributed by atoms with Gasteiger partial charge in [0, 0.05) is 28.1 Å². The minimum atomic E-state index is 0.702. The van der Waals surface area contributed by atoms with Crippen LogP contribution < -0.4 is 0 Å². The van der Waals surface area contributed by atoms with E-state index in [0.717, 1.165) is 61.7 Å². The third-order valence-corrected chi connectivity index (χ3v) is 9.77. The van der Waals surface area contributed by atoms with Gasteiger partial charge in [0.15, 0.2) is 5.82 Å². The summed E-state index contributed by atoms with van der Waals surface area (Å²) in [4.78, 5) is 14.9. The third kappa shape index (κ3) is 6.14. The molecule has 0 radical (unpaired) electrons. The van der Waals surface area contributed by atoms with Crippen LogP contribution in [0.4, 0.5) is 0 Å². The van der Waals surface area contributed by atoms with Crippen LogP contribution in [0.1, 0.15) is 11.4 Å². The van der Waals surface area contributed by atoms with Crippen molar-refractivity contribution in [3.8, 4) is 67.3 Å². The van der Waals surface area contributed by atoms with Crippen LogP contribution in [0.2, 0.25) is 0 Å². The van der Waals surface area contributed by atoms with Gasteiger partial charge < -0.3 is 0 Å². The van der Waals surface area contributed by atoms with E-state index in [1.807, 2.05) is 38.1 Å². The van der Waals surface area contributed by atoms with Crippen LogP contribution in [-0.2, 0) is 0 Å². The number of benzene rings is 7. The van der Waals surface area contributed by atoms with Crippen molar-refractivity contribution in [2.75, 3.05) is 0 Å². The molecule has 52 heavy (non-hydrogen) atoms. The third-order valence-electron chi connectivity index (χ3n) is 9.77. The smallest absolute Gasteiger partial charge is 0.160 e. The minimum absolute atomic E-state index is 0.702. The van der Waals surface area contributed by atoms with Gasteiger partial charge in [0.2, 0.25) is 0 Å². The summed E-state index contributed by atoms with van der Waals surface area (Å²) in [5.41, 5.74) is 13.8. The molecule has 0 atom stereocenters. The molecule has 246 valence electrons. The number of fused-ring (bicyclic) bond motifs is 3. The monoisotopic (exact) mass is 665 g/mol. The van der Waals surface area contributed by atoms with Crippen LogP contribution in [0, 0.1) is 13.8 Å². The van der Waals surface area contributed by atoms with E-state index in [9.17, 15) is 0 Å². The van der Waals surface area contributed by atoms with Crippen LogP contribution in [-0.4, -0.2) is 15.0 Å². The van der Waals surface area contributed by atoms with Crippen molar-refractivity contribution in [1.29, 1.82) is 0 Å². The lowest BCUT2D eigenvalue weighted by Gasteiger charge is -2.14. The first kappa shape index (κ1) is 31.3. The Hall–Kier alpha value is -6.71. The van der Waals surface area contributed by atoms with E-state index in [4.69, 9.17) is 9.97 Å². The molecule has 0 bridgehead atoms. The number of rotatable bonds is 6. The largest absolute Gasteiger partial charge is 0.258 e. The molecule has 7 aromatic carbocycles. The Bertz CT molecular complexity index is 2660. The summed E-state index contributed by atoms with van der Waals surface area (Å²) >= 11 is 0. The van der Waals surface area contributed by atoms with E-state index in [-0.39, 0.29) is 0 Å². The Morgan fingerprint density at radius 2 is 0.769 bits per heavy atom. The van der Waals surface area contributed by atoms with Crippen molar-refractivity contribution >= 4 is 21.5 Å². The van der Waals surface area contributed by atoms with Crippen molar-refractivity contribution in [3.63, 3.8) is 0 Å². The normalized spacial score (nSPS) is 11.3. The molecule has 3 nitrogen and oxygen atoms in total. The molecule has 9 rings (SSSR count). The average molecular weight is 666 g/mol. The van der Waals surface area contributed by atoms with E-state index in [0.29, 0.717) is 5.82 Å². The number of hydrogen-bond donors (Lipinski definition) is 0. The van der Waals surface area contributed by atoms with Gasteiger partial charge in [-0.15, -0.1) is 0 Å². The van der Waals surface area contributed by atoms with Gasteiger partial charge in [-0.25, -0.2) is 9.97 Å². The molecule has 0 aliphatic carbocycles. The molecule has 0 N–H and O–H groups in total. The second kappa shape index (κ2) is 13.2. The fourth-order valence-corrected chi connectivity index (χ4v) is 7.21. The molecule has 9 aromatic rings. The maximum atomic E-state index is 5.21. The minimum Gasteiger partial charge on any atom is -0.258 e. The maximum Gasteiger partial charge on any atom is 0.160 e. The van der Waals surface area contributed by atoms with Gasteiger partial charge >= 0.3 is 0 Å². The van der Waals surface area contributed by atoms with E-state index in [2.05, 4.69) is 157 Å². The van der Waals surface area contributed by atoms with Crippen LogP contribution >= 0.6 is 0 Å². The Morgan fingerprint density at radius 3 is 1.44 bits per heavy atom. The second-order valence-electron chi connectivity index (χ2n) is 13.4. The van der Waals surface area contributed by atoms with Crippen LogP contribution in [0.3, 0.4) is 0 Å². The Labute approximate surface area is 304 Å². The van der Waals surface area contributed by atoms with E-state index in [1.165, 1.54) is 32.7 Å². The van der Waals surface area contributed by atoms with E-state index in [1.54, 1.807) is 0 Å². The summed E-state index contributed by atoms with van der Waals surface area (Å²) in [6.07, 6.45) is 0. The van der Waals surface area contributed by atoms with Crippen molar-refractivity contribution in [2.45, 2.75) is 13.8 Å².